The molecule has 1 amide bonds. The van der Waals surface area contributed by atoms with Crippen molar-refractivity contribution >= 4 is 27.8 Å². The molecule has 0 saturated heterocycles. The molecule has 1 aromatic carbocycles. The van der Waals surface area contributed by atoms with Gasteiger partial charge < -0.3 is 16.0 Å². The first-order valence-corrected chi connectivity index (χ1v) is 7.11. The van der Waals surface area contributed by atoms with E-state index in [4.69, 9.17) is 0 Å². The number of hydrogen-bond acceptors (Lipinski definition) is 4. The Bertz CT molecular complexity index is 458. The van der Waals surface area contributed by atoms with Crippen molar-refractivity contribution in [3.8, 4) is 0 Å². The number of nitrogens with one attached hydrogen (secondary N) is 3. The summed E-state index contributed by atoms with van der Waals surface area (Å²) >= 11 is 3.34. The van der Waals surface area contributed by atoms with E-state index >= 15 is 0 Å². The van der Waals surface area contributed by atoms with Gasteiger partial charge in [0.25, 0.3) is 5.91 Å². The van der Waals surface area contributed by atoms with Crippen molar-refractivity contribution in [1.82, 2.24) is 16.0 Å². The fourth-order valence-electron chi connectivity index (χ4n) is 1.71. The molecule has 1 aliphatic rings. The van der Waals surface area contributed by atoms with Gasteiger partial charge in [0, 0.05) is 36.2 Å². The van der Waals surface area contributed by atoms with Crippen LogP contribution in [0.3, 0.4) is 0 Å². The Morgan fingerprint density at radius 1 is 1.32 bits per heavy atom. The highest BCUT2D eigenvalue weighted by Crippen LogP contribution is 2.10. The number of carbonyl (C=O) groups excluding carboxylic acids is 1. The lowest BCUT2D eigenvalue weighted by Gasteiger charge is -2.16. The second-order valence-corrected chi connectivity index (χ2v) is 5.12. The molecule has 0 fully saturated rings. The summed E-state index contributed by atoms with van der Waals surface area (Å²) in [5.41, 5.74) is 0.663. The third-order valence-corrected chi connectivity index (χ3v) is 3.24. The van der Waals surface area contributed by atoms with E-state index < -0.39 is 0 Å². The maximum Gasteiger partial charge on any atom is 0.251 e. The SMILES string of the molecule is O=C(NCCNC1=NCCCN1)c1ccc(Br)cc1. The minimum atomic E-state index is -0.0622. The van der Waals surface area contributed by atoms with Crippen LogP contribution < -0.4 is 16.0 Å². The van der Waals surface area contributed by atoms with Crippen LogP contribution in [0.4, 0.5) is 0 Å². The molecule has 102 valence electrons. The fraction of sp³-hybridized carbons (Fsp3) is 0.385. The first-order chi connectivity index (χ1) is 9.25. The van der Waals surface area contributed by atoms with Gasteiger partial charge in [-0.2, -0.15) is 0 Å². The van der Waals surface area contributed by atoms with E-state index in [0.717, 1.165) is 29.9 Å². The number of benzene rings is 1. The Morgan fingerprint density at radius 2 is 2.11 bits per heavy atom. The number of hydrogen-bond donors (Lipinski definition) is 3. The first-order valence-electron chi connectivity index (χ1n) is 6.31. The van der Waals surface area contributed by atoms with E-state index in [1.807, 2.05) is 12.1 Å². The van der Waals surface area contributed by atoms with Crippen molar-refractivity contribution in [3.05, 3.63) is 34.3 Å². The number of guanidine groups is 1. The van der Waals surface area contributed by atoms with Gasteiger partial charge in [-0.1, -0.05) is 15.9 Å². The van der Waals surface area contributed by atoms with Crippen LogP contribution >= 0.6 is 15.9 Å². The molecule has 0 radical (unpaired) electrons. The van der Waals surface area contributed by atoms with Gasteiger partial charge in [-0.05, 0) is 30.7 Å². The second-order valence-electron chi connectivity index (χ2n) is 4.20. The third kappa shape index (κ3) is 4.55. The molecule has 3 N–H and O–H groups in total. The summed E-state index contributed by atoms with van der Waals surface area (Å²) < 4.78 is 0.965. The molecule has 0 aliphatic carbocycles. The van der Waals surface area contributed by atoms with Crippen molar-refractivity contribution in [2.45, 2.75) is 6.42 Å². The van der Waals surface area contributed by atoms with Gasteiger partial charge in [-0.15, -0.1) is 0 Å². The number of nitrogens with zero attached hydrogens (tertiary/aromatic N) is 1. The van der Waals surface area contributed by atoms with Gasteiger partial charge in [-0.3, -0.25) is 9.79 Å². The largest absolute Gasteiger partial charge is 0.356 e. The van der Waals surface area contributed by atoms with Crippen molar-refractivity contribution in [3.63, 3.8) is 0 Å². The molecule has 1 aliphatic heterocycles. The zero-order valence-electron chi connectivity index (χ0n) is 10.6. The second kappa shape index (κ2) is 7.13. The first kappa shape index (κ1) is 13.9. The van der Waals surface area contributed by atoms with Crippen molar-refractivity contribution in [2.75, 3.05) is 26.2 Å². The van der Waals surface area contributed by atoms with Crippen LogP contribution in [-0.2, 0) is 0 Å². The monoisotopic (exact) mass is 324 g/mol. The summed E-state index contributed by atoms with van der Waals surface area (Å²) in [6.45, 7) is 3.04. The van der Waals surface area contributed by atoms with E-state index in [0.29, 0.717) is 18.7 Å². The van der Waals surface area contributed by atoms with E-state index in [-0.39, 0.29) is 5.91 Å². The molecular weight excluding hydrogens is 308 g/mol. The lowest BCUT2D eigenvalue weighted by atomic mass is 10.2. The molecule has 1 aromatic rings. The molecule has 0 saturated carbocycles. The molecular formula is C13H17BrN4O. The van der Waals surface area contributed by atoms with E-state index in [9.17, 15) is 4.79 Å². The van der Waals surface area contributed by atoms with Gasteiger partial charge in [0.1, 0.15) is 0 Å². The van der Waals surface area contributed by atoms with Crippen LogP contribution in [0.1, 0.15) is 16.8 Å². The summed E-state index contributed by atoms with van der Waals surface area (Å²) in [5, 5.41) is 9.18. The number of rotatable bonds is 4. The molecule has 2 rings (SSSR count). The van der Waals surface area contributed by atoms with Crippen LogP contribution in [0.5, 0.6) is 0 Å². The maximum atomic E-state index is 11.8. The van der Waals surface area contributed by atoms with Crippen molar-refractivity contribution in [1.29, 1.82) is 0 Å². The van der Waals surface area contributed by atoms with Crippen LogP contribution in [0.15, 0.2) is 33.7 Å². The van der Waals surface area contributed by atoms with E-state index in [2.05, 4.69) is 36.9 Å². The maximum absolute atomic E-state index is 11.8. The summed E-state index contributed by atoms with van der Waals surface area (Å²) in [6, 6.07) is 7.29. The summed E-state index contributed by atoms with van der Waals surface area (Å²) in [4.78, 5) is 16.1. The molecule has 0 aromatic heterocycles. The standard InChI is InChI=1S/C13H17BrN4O/c14-11-4-2-10(3-5-11)12(19)15-8-9-18-13-16-6-1-7-17-13/h2-5H,1,6-9H2,(H,15,19)(H2,16,17,18). The molecule has 5 nitrogen and oxygen atoms in total. The number of aliphatic imine (C=N–C) groups is 1. The van der Waals surface area contributed by atoms with Crippen LogP contribution in [0.25, 0.3) is 0 Å². The normalized spacial score (nSPS) is 14.3. The third-order valence-electron chi connectivity index (χ3n) is 2.71. The molecule has 0 unspecified atom stereocenters. The van der Waals surface area contributed by atoms with Gasteiger partial charge in [0.05, 0.1) is 0 Å². The van der Waals surface area contributed by atoms with Gasteiger partial charge in [0.15, 0.2) is 5.96 Å². The van der Waals surface area contributed by atoms with Crippen molar-refractivity contribution in [2.24, 2.45) is 4.99 Å². The molecule has 0 atom stereocenters. The average Bonchev–Trinajstić information content (AvgIpc) is 2.45. The Morgan fingerprint density at radius 3 is 2.79 bits per heavy atom. The Labute approximate surface area is 121 Å². The highest BCUT2D eigenvalue weighted by molar-refractivity contribution is 9.10. The number of amides is 1. The smallest absolute Gasteiger partial charge is 0.251 e. The van der Waals surface area contributed by atoms with E-state index in [1.165, 1.54) is 0 Å². The Hall–Kier alpha value is -1.56. The highest BCUT2D eigenvalue weighted by Gasteiger charge is 2.05. The number of halogens is 1. The minimum Gasteiger partial charge on any atom is -0.356 e. The summed E-state index contributed by atoms with van der Waals surface area (Å²) in [5.74, 6) is 0.761. The fourth-order valence-corrected chi connectivity index (χ4v) is 1.98. The molecule has 6 heteroatoms. The van der Waals surface area contributed by atoms with Gasteiger partial charge >= 0.3 is 0 Å². The lowest BCUT2D eigenvalue weighted by molar-refractivity contribution is 0.0954. The Balaban J connectivity index is 1.69. The topological polar surface area (TPSA) is 65.5 Å². The number of carbonyl (C=O) groups is 1. The zero-order valence-corrected chi connectivity index (χ0v) is 12.2. The summed E-state index contributed by atoms with van der Waals surface area (Å²) in [7, 11) is 0. The predicted molar refractivity (Wildman–Crippen MR) is 79.4 cm³/mol. The molecule has 19 heavy (non-hydrogen) atoms. The molecule has 1 heterocycles. The average molecular weight is 325 g/mol. The van der Waals surface area contributed by atoms with Gasteiger partial charge in [0.2, 0.25) is 0 Å². The van der Waals surface area contributed by atoms with E-state index in [1.54, 1.807) is 12.1 Å². The van der Waals surface area contributed by atoms with Crippen molar-refractivity contribution < 1.29 is 4.79 Å². The highest BCUT2D eigenvalue weighted by atomic mass is 79.9. The van der Waals surface area contributed by atoms with Crippen LogP contribution in [0, 0.1) is 0 Å². The lowest BCUT2D eigenvalue weighted by Crippen LogP contribution is -2.43. The Kier molecular flexibility index (Phi) is 5.20. The quantitative estimate of drug-likeness (QED) is 0.727. The molecule has 0 spiro atoms. The predicted octanol–water partition coefficient (Wildman–Crippen LogP) is 1.12. The molecule has 0 bridgehead atoms. The van der Waals surface area contributed by atoms with Gasteiger partial charge in [-0.25, -0.2) is 0 Å². The summed E-state index contributed by atoms with van der Waals surface area (Å²) in [6.07, 6.45) is 1.07. The minimum absolute atomic E-state index is 0.0622. The van der Waals surface area contributed by atoms with Crippen LogP contribution in [0.2, 0.25) is 0 Å². The zero-order chi connectivity index (χ0) is 13.5. The van der Waals surface area contributed by atoms with Crippen LogP contribution in [-0.4, -0.2) is 38.0 Å².